The molecule has 37 heavy (non-hydrogen) atoms. The van der Waals surface area contributed by atoms with Gasteiger partial charge in [0.25, 0.3) is 10.0 Å². The molecule has 2 aromatic heterocycles. The number of morpholine rings is 1. The molecule has 1 atom stereocenters. The van der Waals surface area contributed by atoms with Gasteiger partial charge >= 0.3 is 0 Å². The molecule has 2 fully saturated rings. The Bertz CT molecular complexity index is 1340. The number of hydrogen-bond donors (Lipinski definition) is 0. The molecule has 3 aromatic rings. The van der Waals surface area contributed by atoms with Gasteiger partial charge in [-0.05, 0) is 49.3 Å². The molecular weight excluding hydrogens is 532 g/mol. The topological polar surface area (TPSA) is 92.3 Å². The van der Waals surface area contributed by atoms with Crippen LogP contribution in [0.1, 0.15) is 24.8 Å². The molecule has 0 spiro atoms. The highest BCUT2D eigenvalue weighted by Crippen LogP contribution is 2.38. The van der Waals surface area contributed by atoms with E-state index in [-0.39, 0.29) is 10.1 Å². The normalized spacial score (nSPS) is 19.5. The third-order valence-electron chi connectivity index (χ3n) is 6.92. The molecule has 0 aliphatic carbocycles. The van der Waals surface area contributed by atoms with Gasteiger partial charge in [-0.3, -0.25) is 14.6 Å². The van der Waals surface area contributed by atoms with E-state index in [2.05, 4.69) is 4.90 Å². The number of carbonyl (C=O) groups excluding carboxylic acids is 1. The number of amides is 1. The Morgan fingerprint density at radius 2 is 2.05 bits per heavy atom. The Labute approximate surface area is 225 Å². The van der Waals surface area contributed by atoms with Crippen LogP contribution in [-0.4, -0.2) is 87.6 Å². The zero-order valence-electron chi connectivity index (χ0n) is 21.1. The molecule has 1 unspecified atom stereocenters. The van der Waals surface area contributed by atoms with Crippen LogP contribution in [0.15, 0.2) is 33.9 Å². The average Bonchev–Trinajstić information content (AvgIpc) is 3.68. The number of hydrogen-bond acceptors (Lipinski definition) is 9. The third kappa shape index (κ3) is 5.41. The second kappa shape index (κ2) is 11.3. The highest BCUT2D eigenvalue weighted by molar-refractivity contribution is 7.91. The largest absolute Gasteiger partial charge is 0.494 e. The van der Waals surface area contributed by atoms with Crippen molar-refractivity contribution in [2.24, 2.45) is 0 Å². The maximum Gasteiger partial charge on any atom is 0.253 e. The van der Waals surface area contributed by atoms with Crippen molar-refractivity contribution in [3.8, 4) is 5.75 Å². The molecule has 0 N–H and O–H groups in total. The zero-order chi connectivity index (χ0) is 26.0. The van der Waals surface area contributed by atoms with E-state index in [4.69, 9.17) is 14.5 Å². The summed E-state index contributed by atoms with van der Waals surface area (Å²) >= 11 is 2.63. The third-order valence-corrected chi connectivity index (χ3v) is 11.4. The lowest BCUT2D eigenvalue weighted by molar-refractivity contribution is -0.121. The summed E-state index contributed by atoms with van der Waals surface area (Å²) in [7, 11) is -2.13. The van der Waals surface area contributed by atoms with Crippen molar-refractivity contribution in [3.05, 3.63) is 35.2 Å². The lowest BCUT2D eigenvalue weighted by atomic mass is 10.2. The monoisotopic (exact) mass is 564 g/mol. The minimum absolute atomic E-state index is 0.213. The summed E-state index contributed by atoms with van der Waals surface area (Å²) in [5, 5.41) is 2.32. The average molecular weight is 565 g/mol. The standard InChI is InChI=1S/C25H32N4O5S3/c1-18-8-9-20(33-2)22-23(18)36-25(26-22)28(11-5-10-27-13-15-34-16-14-27)24(30)19-6-3-12-29(19)37(31,32)21-7-4-17-35-21/h4,7-9,17,19H,3,5-6,10-16H2,1-2H3. The first-order chi connectivity index (χ1) is 17.9. The number of thiophene rings is 1. The fraction of sp³-hybridized carbons (Fsp3) is 0.520. The molecule has 9 nitrogen and oxygen atoms in total. The number of carbonyl (C=O) groups is 1. The SMILES string of the molecule is COc1ccc(C)c2sc(N(CCCN3CCOCC3)C(=O)C3CCCN3S(=O)(=O)c3cccs3)nc12. The molecule has 12 heteroatoms. The van der Waals surface area contributed by atoms with Gasteiger partial charge < -0.3 is 9.47 Å². The van der Waals surface area contributed by atoms with E-state index in [9.17, 15) is 13.2 Å². The molecule has 2 aliphatic heterocycles. The number of fused-ring (bicyclic) bond motifs is 1. The van der Waals surface area contributed by atoms with Crippen LogP contribution in [0, 0.1) is 6.92 Å². The van der Waals surface area contributed by atoms with Crippen molar-refractivity contribution in [2.45, 2.75) is 36.4 Å². The van der Waals surface area contributed by atoms with Crippen molar-refractivity contribution in [1.29, 1.82) is 0 Å². The summed E-state index contributed by atoms with van der Waals surface area (Å²) < 4.78 is 40.4. The first-order valence-electron chi connectivity index (χ1n) is 12.5. The number of anilines is 1. The first-order valence-corrected chi connectivity index (χ1v) is 15.6. The van der Waals surface area contributed by atoms with E-state index in [1.165, 1.54) is 27.0 Å². The van der Waals surface area contributed by atoms with E-state index >= 15 is 0 Å². The number of sulfonamides is 1. The van der Waals surface area contributed by atoms with Crippen molar-refractivity contribution >= 4 is 54.0 Å². The van der Waals surface area contributed by atoms with E-state index in [1.807, 2.05) is 19.1 Å². The number of benzene rings is 1. The summed E-state index contributed by atoms with van der Waals surface area (Å²) in [6.45, 7) is 6.84. The molecule has 0 saturated carbocycles. The number of ether oxygens (including phenoxy) is 2. The lowest BCUT2D eigenvalue weighted by Crippen LogP contribution is -2.48. The van der Waals surface area contributed by atoms with Gasteiger partial charge in [0.1, 0.15) is 21.5 Å². The summed E-state index contributed by atoms with van der Waals surface area (Å²) in [4.78, 5) is 23.0. The minimum atomic E-state index is -3.74. The maximum atomic E-state index is 14.1. The van der Waals surface area contributed by atoms with Gasteiger partial charge in [0.2, 0.25) is 5.91 Å². The van der Waals surface area contributed by atoms with Crippen LogP contribution >= 0.6 is 22.7 Å². The Morgan fingerprint density at radius 1 is 1.24 bits per heavy atom. The molecule has 0 radical (unpaired) electrons. The highest BCUT2D eigenvalue weighted by atomic mass is 32.2. The van der Waals surface area contributed by atoms with E-state index in [0.717, 1.165) is 55.0 Å². The first kappa shape index (κ1) is 26.5. The number of rotatable bonds is 9. The number of methoxy groups -OCH3 is 1. The molecule has 1 aromatic carbocycles. The van der Waals surface area contributed by atoms with E-state index < -0.39 is 16.1 Å². The Balaban J connectivity index is 1.45. The number of nitrogens with zero attached hydrogens (tertiary/aromatic N) is 4. The van der Waals surface area contributed by atoms with Crippen LogP contribution in [0.25, 0.3) is 10.2 Å². The molecule has 2 saturated heterocycles. The number of aryl methyl sites for hydroxylation is 1. The van der Waals surface area contributed by atoms with Gasteiger partial charge in [-0.1, -0.05) is 23.5 Å². The summed E-state index contributed by atoms with van der Waals surface area (Å²) in [5.41, 5.74) is 1.78. The smallest absolute Gasteiger partial charge is 0.253 e. The van der Waals surface area contributed by atoms with Crippen LogP contribution in [0.4, 0.5) is 5.13 Å². The van der Waals surface area contributed by atoms with Crippen molar-refractivity contribution in [2.75, 3.05) is 57.9 Å². The molecule has 4 heterocycles. The number of aromatic nitrogens is 1. The van der Waals surface area contributed by atoms with Gasteiger partial charge in [0.15, 0.2) is 5.13 Å². The summed E-state index contributed by atoms with van der Waals surface area (Å²) in [6, 6.07) is 6.45. The number of thiazole rings is 1. The molecule has 200 valence electrons. The van der Waals surface area contributed by atoms with Crippen molar-refractivity contribution in [1.82, 2.24) is 14.2 Å². The molecule has 0 bridgehead atoms. The zero-order valence-corrected chi connectivity index (χ0v) is 23.5. The van der Waals surface area contributed by atoms with Crippen molar-refractivity contribution in [3.63, 3.8) is 0 Å². The van der Waals surface area contributed by atoms with Crippen LogP contribution in [0.5, 0.6) is 5.75 Å². The fourth-order valence-electron chi connectivity index (χ4n) is 4.94. The molecule has 1 amide bonds. The minimum Gasteiger partial charge on any atom is -0.494 e. The predicted octanol–water partition coefficient (Wildman–Crippen LogP) is 3.58. The Hall–Kier alpha value is -2.09. The van der Waals surface area contributed by atoms with Gasteiger partial charge in [-0.2, -0.15) is 4.31 Å². The second-order valence-electron chi connectivity index (χ2n) is 9.26. The van der Waals surface area contributed by atoms with Crippen molar-refractivity contribution < 1.29 is 22.7 Å². The lowest BCUT2D eigenvalue weighted by Gasteiger charge is -2.30. The fourth-order valence-corrected chi connectivity index (χ4v) is 8.79. The van der Waals surface area contributed by atoms with Gasteiger partial charge in [-0.25, -0.2) is 13.4 Å². The van der Waals surface area contributed by atoms with E-state index in [0.29, 0.717) is 36.8 Å². The summed E-state index contributed by atoms with van der Waals surface area (Å²) in [5.74, 6) is 0.446. The van der Waals surface area contributed by atoms with Crippen LogP contribution in [-0.2, 0) is 19.6 Å². The van der Waals surface area contributed by atoms with Gasteiger partial charge in [-0.15, -0.1) is 11.3 Å². The van der Waals surface area contributed by atoms with E-state index in [1.54, 1.807) is 29.5 Å². The van der Waals surface area contributed by atoms with Crippen LogP contribution in [0.3, 0.4) is 0 Å². The summed E-state index contributed by atoms with van der Waals surface area (Å²) in [6.07, 6.45) is 1.90. The maximum absolute atomic E-state index is 14.1. The van der Waals surface area contributed by atoms with Gasteiger partial charge in [0, 0.05) is 32.7 Å². The van der Waals surface area contributed by atoms with Gasteiger partial charge in [0.05, 0.1) is 25.0 Å². The quantitative estimate of drug-likeness (QED) is 0.392. The Morgan fingerprint density at radius 3 is 2.78 bits per heavy atom. The molecule has 2 aliphatic rings. The highest BCUT2D eigenvalue weighted by Gasteiger charge is 2.42. The molecular formula is C25H32N4O5S3. The van der Waals surface area contributed by atoms with Crippen LogP contribution in [0.2, 0.25) is 0 Å². The predicted molar refractivity (Wildman–Crippen MR) is 146 cm³/mol. The second-order valence-corrected chi connectivity index (χ2v) is 13.3. The Kier molecular flexibility index (Phi) is 8.13. The van der Waals surface area contributed by atoms with Crippen LogP contribution < -0.4 is 9.64 Å². The molecule has 5 rings (SSSR count).